The monoisotopic (exact) mass is 205 g/mol. The molecule has 5 nitrogen and oxygen atoms in total. The van der Waals surface area contributed by atoms with E-state index in [1.54, 1.807) is 0 Å². The van der Waals surface area contributed by atoms with Crippen molar-refractivity contribution < 1.29 is 9.90 Å². The summed E-state index contributed by atoms with van der Waals surface area (Å²) < 4.78 is 0. The predicted octanol–water partition coefficient (Wildman–Crippen LogP) is 1.31. The molecule has 0 atom stereocenters. The highest BCUT2D eigenvalue weighted by Gasteiger charge is 2.16. The average Bonchev–Trinajstić information content (AvgIpc) is 2.71. The maximum Gasteiger partial charge on any atom is 0.358 e. The summed E-state index contributed by atoms with van der Waals surface area (Å²) in [4.78, 5) is 18.6. The minimum Gasteiger partial charge on any atom is -0.476 e. The smallest absolute Gasteiger partial charge is 0.358 e. The van der Waals surface area contributed by atoms with Gasteiger partial charge in [-0.25, -0.2) is 14.8 Å². The van der Waals surface area contributed by atoms with Gasteiger partial charge in [0.1, 0.15) is 0 Å². The van der Waals surface area contributed by atoms with E-state index in [1.165, 1.54) is 12.4 Å². The Labute approximate surface area is 86.9 Å². The lowest BCUT2D eigenvalue weighted by atomic mass is 10.2. The first-order valence-electron chi connectivity index (χ1n) is 4.73. The van der Waals surface area contributed by atoms with E-state index in [9.17, 15) is 4.79 Å². The molecule has 0 radical (unpaired) electrons. The highest BCUT2D eigenvalue weighted by molar-refractivity contribution is 5.90. The SMILES string of the molecule is O=C(O)c1nccnc1NC1CC=CC1. The van der Waals surface area contributed by atoms with E-state index in [0.717, 1.165) is 12.8 Å². The van der Waals surface area contributed by atoms with Gasteiger partial charge in [-0.05, 0) is 12.8 Å². The molecular formula is C10H11N3O2. The molecule has 2 rings (SSSR count). The maximum absolute atomic E-state index is 10.8. The Kier molecular flexibility index (Phi) is 2.62. The molecule has 2 N–H and O–H groups in total. The molecule has 1 aliphatic rings. The molecule has 0 saturated carbocycles. The van der Waals surface area contributed by atoms with Gasteiger partial charge in [-0.2, -0.15) is 0 Å². The summed E-state index contributed by atoms with van der Waals surface area (Å²) in [5.41, 5.74) is -0.0237. The van der Waals surface area contributed by atoms with Crippen molar-refractivity contribution in [2.75, 3.05) is 5.32 Å². The molecule has 0 aliphatic heterocycles. The zero-order valence-corrected chi connectivity index (χ0v) is 8.05. The van der Waals surface area contributed by atoms with Crippen LogP contribution in [-0.4, -0.2) is 27.1 Å². The van der Waals surface area contributed by atoms with Crippen molar-refractivity contribution in [1.29, 1.82) is 0 Å². The van der Waals surface area contributed by atoms with Crippen LogP contribution >= 0.6 is 0 Å². The molecular weight excluding hydrogens is 194 g/mol. The highest BCUT2D eigenvalue weighted by atomic mass is 16.4. The fourth-order valence-corrected chi connectivity index (χ4v) is 1.53. The molecule has 0 saturated heterocycles. The summed E-state index contributed by atoms with van der Waals surface area (Å²) in [6.07, 6.45) is 8.78. The lowest BCUT2D eigenvalue weighted by molar-refractivity contribution is 0.0691. The first-order chi connectivity index (χ1) is 7.27. The number of hydrogen-bond donors (Lipinski definition) is 2. The van der Waals surface area contributed by atoms with Gasteiger partial charge >= 0.3 is 5.97 Å². The number of aromatic nitrogens is 2. The molecule has 0 bridgehead atoms. The molecule has 1 aromatic rings. The zero-order chi connectivity index (χ0) is 10.7. The van der Waals surface area contributed by atoms with Gasteiger partial charge in [0.15, 0.2) is 11.5 Å². The van der Waals surface area contributed by atoms with E-state index in [0.29, 0.717) is 5.82 Å². The first kappa shape index (κ1) is 9.64. The third-order valence-electron chi connectivity index (χ3n) is 2.25. The minimum atomic E-state index is -1.06. The molecule has 0 unspecified atom stereocenters. The second-order valence-electron chi connectivity index (χ2n) is 3.34. The van der Waals surface area contributed by atoms with Crippen LogP contribution in [0.1, 0.15) is 23.3 Å². The number of nitrogens with one attached hydrogen (secondary N) is 1. The molecule has 78 valence electrons. The van der Waals surface area contributed by atoms with E-state index < -0.39 is 5.97 Å². The van der Waals surface area contributed by atoms with E-state index in [1.807, 2.05) is 0 Å². The summed E-state index contributed by atoms with van der Waals surface area (Å²) in [5, 5.41) is 12.0. The van der Waals surface area contributed by atoms with Crippen LogP contribution in [0.3, 0.4) is 0 Å². The van der Waals surface area contributed by atoms with Crippen molar-refractivity contribution in [2.45, 2.75) is 18.9 Å². The van der Waals surface area contributed by atoms with Gasteiger partial charge in [-0.15, -0.1) is 0 Å². The van der Waals surface area contributed by atoms with Crippen molar-refractivity contribution in [3.05, 3.63) is 30.2 Å². The van der Waals surface area contributed by atoms with Crippen LogP contribution in [0.5, 0.6) is 0 Å². The van der Waals surface area contributed by atoms with Crippen LogP contribution in [0.15, 0.2) is 24.5 Å². The van der Waals surface area contributed by atoms with E-state index in [-0.39, 0.29) is 11.7 Å². The summed E-state index contributed by atoms with van der Waals surface area (Å²) >= 11 is 0. The predicted molar refractivity (Wildman–Crippen MR) is 54.8 cm³/mol. The molecule has 0 fully saturated rings. The van der Waals surface area contributed by atoms with Gasteiger partial charge in [0, 0.05) is 18.4 Å². The molecule has 1 heterocycles. The van der Waals surface area contributed by atoms with Crippen molar-refractivity contribution in [1.82, 2.24) is 9.97 Å². The summed E-state index contributed by atoms with van der Waals surface area (Å²) in [6, 6.07) is 0.236. The van der Waals surface area contributed by atoms with Crippen molar-refractivity contribution in [3.8, 4) is 0 Å². The third-order valence-corrected chi connectivity index (χ3v) is 2.25. The zero-order valence-electron chi connectivity index (χ0n) is 8.05. The van der Waals surface area contributed by atoms with Gasteiger partial charge in [0.05, 0.1) is 0 Å². The van der Waals surface area contributed by atoms with Crippen molar-refractivity contribution in [3.63, 3.8) is 0 Å². The van der Waals surface area contributed by atoms with Gasteiger partial charge in [-0.3, -0.25) is 0 Å². The van der Waals surface area contributed by atoms with Crippen molar-refractivity contribution in [2.24, 2.45) is 0 Å². The minimum absolute atomic E-state index is 0.0237. The molecule has 0 aromatic carbocycles. The van der Waals surface area contributed by atoms with Crippen LogP contribution in [-0.2, 0) is 0 Å². The topological polar surface area (TPSA) is 75.1 Å². The normalized spacial score (nSPS) is 15.5. The lowest BCUT2D eigenvalue weighted by Crippen LogP contribution is -2.19. The van der Waals surface area contributed by atoms with Crippen LogP contribution in [0.4, 0.5) is 5.82 Å². The Morgan fingerprint density at radius 2 is 2.00 bits per heavy atom. The number of anilines is 1. The molecule has 0 spiro atoms. The van der Waals surface area contributed by atoms with Gasteiger partial charge in [0.25, 0.3) is 0 Å². The summed E-state index contributed by atoms with van der Waals surface area (Å²) in [6.45, 7) is 0. The molecule has 0 amide bonds. The fraction of sp³-hybridized carbons (Fsp3) is 0.300. The number of aromatic carboxylic acids is 1. The number of rotatable bonds is 3. The highest BCUT2D eigenvalue weighted by Crippen LogP contribution is 2.16. The van der Waals surface area contributed by atoms with E-state index >= 15 is 0 Å². The van der Waals surface area contributed by atoms with Gasteiger partial charge < -0.3 is 10.4 Å². The Balaban J connectivity index is 2.16. The maximum atomic E-state index is 10.8. The van der Waals surface area contributed by atoms with Gasteiger partial charge in [0.2, 0.25) is 0 Å². The second-order valence-corrected chi connectivity index (χ2v) is 3.34. The quantitative estimate of drug-likeness (QED) is 0.727. The number of carboxylic acid groups (broad SMARTS) is 1. The van der Waals surface area contributed by atoms with Gasteiger partial charge in [-0.1, -0.05) is 12.2 Å². The van der Waals surface area contributed by atoms with E-state index in [2.05, 4.69) is 27.4 Å². The van der Waals surface area contributed by atoms with Crippen LogP contribution in [0, 0.1) is 0 Å². The lowest BCUT2D eigenvalue weighted by Gasteiger charge is -2.13. The Morgan fingerprint density at radius 3 is 2.67 bits per heavy atom. The average molecular weight is 205 g/mol. The van der Waals surface area contributed by atoms with E-state index in [4.69, 9.17) is 5.11 Å². The van der Waals surface area contributed by atoms with Crippen LogP contribution in [0.2, 0.25) is 0 Å². The molecule has 1 aromatic heterocycles. The fourth-order valence-electron chi connectivity index (χ4n) is 1.53. The summed E-state index contributed by atoms with van der Waals surface area (Å²) in [5.74, 6) is -0.713. The number of nitrogens with zero attached hydrogens (tertiary/aromatic N) is 2. The molecule has 1 aliphatic carbocycles. The van der Waals surface area contributed by atoms with Crippen molar-refractivity contribution >= 4 is 11.8 Å². The second kappa shape index (κ2) is 4.08. The molecule has 5 heteroatoms. The number of carbonyl (C=O) groups is 1. The number of hydrogen-bond acceptors (Lipinski definition) is 4. The largest absolute Gasteiger partial charge is 0.476 e. The molecule has 15 heavy (non-hydrogen) atoms. The Morgan fingerprint density at radius 1 is 1.33 bits per heavy atom. The van der Waals surface area contributed by atoms with Crippen LogP contribution < -0.4 is 5.32 Å². The number of carboxylic acids is 1. The Bertz CT molecular complexity index is 395. The summed E-state index contributed by atoms with van der Waals surface area (Å²) in [7, 11) is 0. The van der Waals surface area contributed by atoms with Crippen LogP contribution in [0.25, 0.3) is 0 Å². The Hall–Kier alpha value is -1.91. The third kappa shape index (κ3) is 2.12. The standard InChI is InChI=1S/C10H11N3O2/c14-10(15)8-9(12-6-5-11-8)13-7-3-1-2-4-7/h1-2,5-7H,3-4H2,(H,12,13)(H,14,15). The first-order valence-corrected chi connectivity index (χ1v) is 4.73.